The zero-order valence-corrected chi connectivity index (χ0v) is 11.0. The van der Waals surface area contributed by atoms with Crippen LogP contribution in [0.4, 0.5) is 0 Å². The number of quaternary nitrogens is 1. The van der Waals surface area contributed by atoms with Crippen molar-refractivity contribution in [2.45, 2.75) is 18.2 Å². The molecule has 0 saturated carbocycles. The van der Waals surface area contributed by atoms with E-state index in [0.29, 0.717) is 6.61 Å². The molecule has 0 spiro atoms. The second-order valence-electron chi connectivity index (χ2n) is 4.36. The first-order valence-electron chi connectivity index (χ1n) is 5.40. The lowest BCUT2D eigenvalue weighted by Crippen LogP contribution is -3.15. The first-order chi connectivity index (χ1) is 7.00. The van der Waals surface area contributed by atoms with Gasteiger partial charge in [0.2, 0.25) is 0 Å². The SMILES string of the molecule is CC(C)(Br)C(=O)OCC[NH+]1CCNCC1. The number of halogens is 1. The van der Waals surface area contributed by atoms with Crippen LogP contribution in [0.1, 0.15) is 13.8 Å². The fraction of sp³-hybridized carbons (Fsp3) is 0.900. The molecule has 1 heterocycles. The summed E-state index contributed by atoms with van der Waals surface area (Å²) in [7, 11) is 0. The Hall–Kier alpha value is -0.130. The number of hydrogen-bond acceptors (Lipinski definition) is 3. The van der Waals surface area contributed by atoms with E-state index in [9.17, 15) is 4.79 Å². The largest absolute Gasteiger partial charge is 0.459 e. The van der Waals surface area contributed by atoms with Gasteiger partial charge in [0.15, 0.2) is 0 Å². The van der Waals surface area contributed by atoms with Gasteiger partial charge in [0, 0.05) is 13.1 Å². The molecule has 0 aromatic carbocycles. The topological polar surface area (TPSA) is 42.8 Å². The fourth-order valence-corrected chi connectivity index (χ4v) is 1.60. The Morgan fingerprint density at radius 3 is 2.60 bits per heavy atom. The third kappa shape index (κ3) is 4.95. The summed E-state index contributed by atoms with van der Waals surface area (Å²) in [5.74, 6) is -0.183. The van der Waals surface area contributed by atoms with Gasteiger partial charge in [0.1, 0.15) is 17.5 Å². The van der Waals surface area contributed by atoms with Crippen LogP contribution in [0.5, 0.6) is 0 Å². The van der Waals surface area contributed by atoms with Crippen molar-refractivity contribution >= 4 is 21.9 Å². The average molecular weight is 280 g/mol. The van der Waals surface area contributed by atoms with Gasteiger partial charge >= 0.3 is 5.97 Å². The molecule has 4 nitrogen and oxygen atoms in total. The Balaban J connectivity index is 2.12. The number of alkyl halides is 1. The Morgan fingerprint density at radius 1 is 1.47 bits per heavy atom. The number of carbonyl (C=O) groups is 1. The van der Waals surface area contributed by atoms with Crippen molar-refractivity contribution < 1.29 is 14.4 Å². The molecule has 15 heavy (non-hydrogen) atoms. The maximum Gasteiger partial charge on any atom is 0.322 e. The van der Waals surface area contributed by atoms with E-state index in [4.69, 9.17) is 4.74 Å². The van der Waals surface area contributed by atoms with E-state index in [-0.39, 0.29) is 5.97 Å². The number of nitrogens with one attached hydrogen (secondary N) is 2. The summed E-state index contributed by atoms with van der Waals surface area (Å²) in [6.45, 7) is 9.39. The zero-order valence-electron chi connectivity index (χ0n) is 9.44. The molecular formula is C10H20BrN2O2+. The van der Waals surface area contributed by atoms with Crippen molar-refractivity contribution in [3.63, 3.8) is 0 Å². The second-order valence-corrected chi connectivity index (χ2v) is 6.34. The standard InChI is InChI=1S/C10H19BrN2O2/c1-10(2,11)9(14)15-8-7-13-5-3-12-4-6-13/h12H,3-8H2,1-2H3/p+1. The molecule has 1 saturated heterocycles. The molecule has 0 aliphatic carbocycles. The van der Waals surface area contributed by atoms with Gasteiger partial charge in [0.25, 0.3) is 0 Å². The minimum absolute atomic E-state index is 0.183. The van der Waals surface area contributed by atoms with Gasteiger partial charge in [-0.15, -0.1) is 0 Å². The molecule has 0 atom stereocenters. The van der Waals surface area contributed by atoms with E-state index < -0.39 is 4.32 Å². The Labute approximate surface area is 99.5 Å². The van der Waals surface area contributed by atoms with Crippen LogP contribution in [0.2, 0.25) is 0 Å². The summed E-state index contributed by atoms with van der Waals surface area (Å²) in [4.78, 5) is 12.9. The van der Waals surface area contributed by atoms with Gasteiger partial charge in [-0.25, -0.2) is 0 Å². The summed E-state index contributed by atoms with van der Waals surface area (Å²) < 4.78 is 4.62. The minimum atomic E-state index is -0.564. The van der Waals surface area contributed by atoms with E-state index in [1.54, 1.807) is 13.8 Å². The van der Waals surface area contributed by atoms with E-state index in [2.05, 4.69) is 21.2 Å². The van der Waals surface area contributed by atoms with E-state index in [1.165, 1.54) is 4.90 Å². The molecule has 5 heteroatoms. The van der Waals surface area contributed by atoms with Gasteiger partial charge in [-0.2, -0.15) is 0 Å². The quantitative estimate of drug-likeness (QED) is 0.523. The van der Waals surface area contributed by atoms with Crippen molar-refractivity contribution in [3.8, 4) is 0 Å². The monoisotopic (exact) mass is 279 g/mol. The number of rotatable bonds is 4. The molecule has 88 valence electrons. The van der Waals surface area contributed by atoms with E-state index in [0.717, 1.165) is 32.7 Å². The van der Waals surface area contributed by atoms with Gasteiger partial charge in [-0.3, -0.25) is 4.79 Å². The summed E-state index contributed by atoms with van der Waals surface area (Å²) >= 11 is 3.28. The highest BCUT2D eigenvalue weighted by atomic mass is 79.9. The molecule has 0 aromatic heterocycles. The van der Waals surface area contributed by atoms with Crippen molar-refractivity contribution in [2.75, 3.05) is 39.3 Å². The maximum absolute atomic E-state index is 11.4. The highest BCUT2D eigenvalue weighted by molar-refractivity contribution is 9.10. The number of carbonyl (C=O) groups excluding carboxylic acids is 1. The second kappa shape index (κ2) is 5.82. The van der Waals surface area contributed by atoms with Gasteiger partial charge in [-0.1, -0.05) is 15.9 Å². The van der Waals surface area contributed by atoms with Crippen LogP contribution >= 0.6 is 15.9 Å². The lowest BCUT2D eigenvalue weighted by Gasteiger charge is -2.24. The zero-order chi connectivity index (χ0) is 11.3. The molecule has 0 bridgehead atoms. The lowest BCUT2D eigenvalue weighted by molar-refractivity contribution is -0.902. The lowest BCUT2D eigenvalue weighted by atomic mass is 10.2. The molecule has 0 amide bonds. The van der Waals surface area contributed by atoms with Crippen molar-refractivity contribution in [1.29, 1.82) is 0 Å². The van der Waals surface area contributed by atoms with Crippen LogP contribution in [0.25, 0.3) is 0 Å². The number of hydrogen-bond donors (Lipinski definition) is 2. The molecule has 0 radical (unpaired) electrons. The molecule has 1 aliphatic rings. The highest BCUT2D eigenvalue weighted by Crippen LogP contribution is 2.16. The highest BCUT2D eigenvalue weighted by Gasteiger charge is 2.25. The minimum Gasteiger partial charge on any atom is -0.459 e. The van der Waals surface area contributed by atoms with Crippen molar-refractivity contribution in [1.82, 2.24) is 5.32 Å². The predicted octanol–water partition coefficient (Wildman–Crippen LogP) is -0.809. The van der Waals surface area contributed by atoms with E-state index >= 15 is 0 Å². The Morgan fingerprint density at radius 2 is 2.07 bits per heavy atom. The van der Waals surface area contributed by atoms with Crippen LogP contribution in [0.3, 0.4) is 0 Å². The molecule has 1 aliphatic heterocycles. The number of ether oxygens (including phenoxy) is 1. The third-order valence-corrected chi connectivity index (χ3v) is 2.81. The maximum atomic E-state index is 11.4. The summed E-state index contributed by atoms with van der Waals surface area (Å²) in [5, 5.41) is 3.30. The fourth-order valence-electron chi connectivity index (χ4n) is 1.49. The molecule has 0 aromatic rings. The molecule has 2 N–H and O–H groups in total. The summed E-state index contributed by atoms with van der Waals surface area (Å²) in [5.41, 5.74) is 0. The van der Waals surface area contributed by atoms with Crippen LogP contribution in [0.15, 0.2) is 0 Å². The molecule has 0 unspecified atom stereocenters. The third-order valence-electron chi connectivity index (χ3n) is 2.48. The van der Waals surface area contributed by atoms with Crippen molar-refractivity contribution in [2.24, 2.45) is 0 Å². The van der Waals surface area contributed by atoms with Gasteiger partial charge in [0.05, 0.1) is 13.1 Å². The van der Waals surface area contributed by atoms with Crippen LogP contribution < -0.4 is 10.2 Å². The van der Waals surface area contributed by atoms with Gasteiger partial charge in [-0.05, 0) is 13.8 Å². The predicted molar refractivity (Wildman–Crippen MR) is 62.4 cm³/mol. The number of esters is 1. The molecule has 1 rings (SSSR count). The first kappa shape index (κ1) is 12.9. The molecular weight excluding hydrogens is 260 g/mol. The van der Waals surface area contributed by atoms with Crippen LogP contribution in [0, 0.1) is 0 Å². The van der Waals surface area contributed by atoms with Crippen molar-refractivity contribution in [3.05, 3.63) is 0 Å². The molecule has 1 fully saturated rings. The van der Waals surface area contributed by atoms with Crippen LogP contribution in [-0.4, -0.2) is 49.6 Å². The Kier molecular flexibility index (Phi) is 5.02. The summed E-state index contributed by atoms with van der Waals surface area (Å²) in [6, 6.07) is 0. The summed E-state index contributed by atoms with van der Waals surface area (Å²) in [6.07, 6.45) is 0. The average Bonchev–Trinajstić information content (AvgIpc) is 2.18. The first-order valence-corrected chi connectivity index (χ1v) is 6.20. The normalized spacial score (nSPS) is 18.9. The smallest absolute Gasteiger partial charge is 0.322 e. The Bertz CT molecular complexity index is 210. The van der Waals surface area contributed by atoms with E-state index in [1.807, 2.05) is 0 Å². The number of piperazine rings is 1. The van der Waals surface area contributed by atoms with Gasteiger partial charge < -0.3 is 15.0 Å². The van der Waals surface area contributed by atoms with Crippen LogP contribution in [-0.2, 0) is 9.53 Å².